The van der Waals surface area contributed by atoms with Crippen LogP contribution in [0.3, 0.4) is 0 Å². The summed E-state index contributed by atoms with van der Waals surface area (Å²) in [5.41, 5.74) is 0. The van der Waals surface area contributed by atoms with E-state index in [1.54, 1.807) is 0 Å². The smallest absolute Gasteiger partial charge is 0.550 e. The maximum absolute atomic E-state index is 10.2. The van der Waals surface area contributed by atoms with E-state index in [1.807, 2.05) is 0 Å². The van der Waals surface area contributed by atoms with Crippen molar-refractivity contribution in [2.24, 2.45) is 0 Å². The number of unbranched alkanes of at least 4 members (excludes halogenated alkanes) is 28. The summed E-state index contributed by atoms with van der Waals surface area (Å²) in [4.78, 5) is 20.4. The van der Waals surface area contributed by atoms with Gasteiger partial charge in [-0.15, -0.1) is 0 Å². The SMILES string of the molecule is CCCCCCCCCCCCCCCCCC(=O)[O-].CCCCCCCCCCCCCCCCCC(=O)[O-].OB(O)O.[Mg+2]. The van der Waals surface area contributed by atoms with Crippen LogP contribution < -0.4 is 10.2 Å². The Bertz CT molecular complexity index is 507. The first-order valence-corrected chi connectivity index (χ1v) is 18.7. The van der Waals surface area contributed by atoms with Crippen LogP contribution in [-0.4, -0.2) is 57.4 Å². The molecule has 7 nitrogen and oxygen atoms in total. The fourth-order valence-corrected chi connectivity index (χ4v) is 5.28. The van der Waals surface area contributed by atoms with Crippen molar-refractivity contribution in [3.63, 3.8) is 0 Å². The van der Waals surface area contributed by atoms with Gasteiger partial charge in [-0.1, -0.05) is 194 Å². The van der Waals surface area contributed by atoms with E-state index in [0.29, 0.717) is 0 Å². The number of hydrogen-bond acceptors (Lipinski definition) is 7. The summed E-state index contributed by atoms with van der Waals surface area (Å²) in [5.74, 6) is -1.81. The summed E-state index contributed by atoms with van der Waals surface area (Å²) < 4.78 is 0. The van der Waals surface area contributed by atoms with E-state index >= 15 is 0 Å². The number of carbonyl (C=O) groups excluding carboxylic acids is 2. The zero-order chi connectivity index (χ0) is 33.4. The van der Waals surface area contributed by atoms with E-state index in [0.717, 1.165) is 25.7 Å². The van der Waals surface area contributed by atoms with Gasteiger partial charge in [0.15, 0.2) is 0 Å². The van der Waals surface area contributed by atoms with Crippen LogP contribution in [0.1, 0.15) is 219 Å². The van der Waals surface area contributed by atoms with Crippen molar-refractivity contribution in [3.8, 4) is 0 Å². The van der Waals surface area contributed by atoms with Crippen molar-refractivity contribution in [1.29, 1.82) is 0 Å². The molecule has 0 aromatic rings. The summed E-state index contributed by atoms with van der Waals surface area (Å²) >= 11 is 0. The van der Waals surface area contributed by atoms with E-state index < -0.39 is 19.3 Å². The first-order valence-electron chi connectivity index (χ1n) is 18.7. The van der Waals surface area contributed by atoms with Crippen LogP contribution in [0.2, 0.25) is 0 Å². The summed E-state index contributed by atoms with van der Waals surface area (Å²) in [6, 6.07) is 0. The molecule has 0 aliphatic rings. The van der Waals surface area contributed by atoms with Gasteiger partial charge in [0, 0.05) is 11.9 Å². The average molecular weight is 653 g/mol. The van der Waals surface area contributed by atoms with Crippen molar-refractivity contribution in [3.05, 3.63) is 0 Å². The first-order chi connectivity index (χ1) is 21.3. The molecular weight excluding hydrogens is 580 g/mol. The fourth-order valence-electron chi connectivity index (χ4n) is 5.28. The topological polar surface area (TPSA) is 141 Å². The van der Waals surface area contributed by atoms with E-state index in [2.05, 4.69) is 13.8 Å². The number of carbonyl (C=O) groups is 2. The van der Waals surface area contributed by atoms with Crippen LogP contribution in [0.15, 0.2) is 0 Å². The van der Waals surface area contributed by atoms with Gasteiger partial charge in [-0.2, -0.15) is 0 Å². The van der Waals surface area contributed by atoms with Crippen molar-refractivity contribution >= 4 is 42.3 Å². The quantitative estimate of drug-likeness (QED) is 0.0503. The molecule has 3 N–H and O–H groups in total. The standard InChI is InChI=1S/2C18H36O2.BH3O3.Mg/c2*1-2-3-4-5-6-7-8-9-10-11-12-13-14-15-16-17-18(19)20;2-1(3)4;/h2*2-17H2,1H3,(H,19,20);2-4H;/q;;;+2/p-2. The zero-order valence-corrected chi connectivity index (χ0v) is 31.3. The van der Waals surface area contributed by atoms with Gasteiger partial charge in [-0.25, -0.2) is 0 Å². The number of hydrogen-bond donors (Lipinski definition) is 3. The Hall–Kier alpha value is -0.349. The second-order valence-corrected chi connectivity index (χ2v) is 12.5. The molecule has 0 unspecified atom stereocenters. The molecule has 0 amide bonds. The number of rotatable bonds is 32. The van der Waals surface area contributed by atoms with Gasteiger partial charge in [0.05, 0.1) is 0 Å². The molecule has 264 valence electrons. The molecule has 0 aliphatic heterocycles. The van der Waals surface area contributed by atoms with Gasteiger partial charge in [0.1, 0.15) is 0 Å². The largest absolute Gasteiger partial charge is 2.00 e. The van der Waals surface area contributed by atoms with E-state index in [9.17, 15) is 19.8 Å². The van der Waals surface area contributed by atoms with Gasteiger partial charge in [0.2, 0.25) is 0 Å². The average Bonchev–Trinajstić information content (AvgIpc) is 2.97. The molecule has 0 aromatic heterocycles. The predicted octanol–water partition coefficient (Wildman–Crippen LogP) is 7.56. The monoisotopic (exact) mass is 653 g/mol. The maximum Gasteiger partial charge on any atom is 2.00 e. The molecule has 0 spiro atoms. The van der Waals surface area contributed by atoms with Crippen LogP contribution in [0.25, 0.3) is 0 Å². The molecule has 0 saturated heterocycles. The van der Waals surface area contributed by atoms with Gasteiger partial charge >= 0.3 is 30.4 Å². The number of aliphatic carboxylic acids is 2. The summed E-state index contributed by atoms with van der Waals surface area (Å²) in [6.45, 7) is 4.53. The molecule has 0 heterocycles. The Morgan fingerprint density at radius 3 is 0.644 bits per heavy atom. The molecule has 0 bridgehead atoms. The van der Waals surface area contributed by atoms with Crippen LogP contribution >= 0.6 is 0 Å². The third-order valence-electron chi connectivity index (χ3n) is 7.97. The molecular formula is C36H73BMgO7. The Morgan fingerprint density at radius 1 is 0.378 bits per heavy atom. The molecule has 0 aromatic carbocycles. The minimum atomic E-state index is -2.17. The Morgan fingerprint density at radius 2 is 0.511 bits per heavy atom. The molecule has 9 heteroatoms. The van der Waals surface area contributed by atoms with Gasteiger partial charge < -0.3 is 34.9 Å². The second-order valence-electron chi connectivity index (χ2n) is 12.5. The molecule has 45 heavy (non-hydrogen) atoms. The molecule has 0 fully saturated rings. The predicted molar refractivity (Wildman–Crippen MR) is 187 cm³/mol. The minimum absolute atomic E-state index is 0. The van der Waals surface area contributed by atoms with Gasteiger partial charge in [-0.3, -0.25) is 0 Å². The third-order valence-corrected chi connectivity index (χ3v) is 7.97. The van der Waals surface area contributed by atoms with Crippen molar-refractivity contribution in [2.75, 3.05) is 0 Å². The molecule has 0 rings (SSSR count). The van der Waals surface area contributed by atoms with Crippen LogP contribution in [0, 0.1) is 0 Å². The second kappa shape index (κ2) is 48.1. The van der Waals surface area contributed by atoms with Crippen molar-refractivity contribution < 1.29 is 34.9 Å². The Balaban J connectivity index is -0.000000327. The van der Waals surface area contributed by atoms with Crippen LogP contribution in [0.5, 0.6) is 0 Å². The number of carboxylic acid groups (broad SMARTS) is 2. The van der Waals surface area contributed by atoms with E-state index in [1.165, 1.54) is 167 Å². The normalized spacial score (nSPS) is 10.2. The summed E-state index contributed by atoms with van der Waals surface area (Å²) in [7, 11) is -2.17. The van der Waals surface area contributed by atoms with Crippen molar-refractivity contribution in [1.82, 2.24) is 0 Å². The minimum Gasteiger partial charge on any atom is -0.550 e. The van der Waals surface area contributed by atoms with Crippen molar-refractivity contribution in [2.45, 2.75) is 219 Å². The molecule has 0 aliphatic carbocycles. The first kappa shape index (κ1) is 51.5. The summed E-state index contributed by atoms with van der Waals surface area (Å²) in [5, 5.41) is 41.9. The van der Waals surface area contributed by atoms with Gasteiger partial charge in [-0.05, 0) is 25.7 Å². The van der Waals surface area contributed by atoms with Crippen LogP contribution in [0.4, 0.5) is 0 Å². The number of carboxylic acids is 2. The fraction of sp³-hybridized carbons (Fsp3) is 0.944. The zero-order valence-electron chi connectivity index (χ0n) is 29.9. The molecule has 0 radical (unpaired) electrons. The molecule has 0 saturated carbocycles. The Kier molecular flexibility index (Phi) is 55.0. The van der Waals surface area contributed by atoms with Crippen LogP contribution in [-0.2, 0) is 9.59 Å². The maximum atomic E-state index is 10.2. The third kappa shape index (κ3) is 66.9. The summed E-state index contributed by atoms with van der Waals surface area (Å²) in [6.07, 6.45) is 39.7. The Labute approximate surface area is 295 Å². The van der Waals surface area contributed by atoms with E-state index in [4.69, 9.17) is 15.1 Å². The van der Waals surface area contributed by atoms with E-state index in [-0.39, 0.29) is 35.9 Å². The van der Waals surface area contributed by atoms with Gasteiger partial charge in [0.25, 0.3) is 0 Å². The molecule has 0 atom stereocenters.